The van der Waals surface area contributed by atoms with Crippen LogP contribution in [0.15, 0.2) is 30.3 Å². The molecule has 2 rings (SSSR count). The molecule has 8 heteroatoms. The van der Waals surface area contributed by atoms with Gasteiger partial charge in [0.25, 0.3) is 0 Å². The van der Waals surface area contributed by atoms with Crippen molar-refractivity contribution >= 4 is 19.2 Å². The Bertz CT molecular complexity index is 577. The Morgan fingerprint density at radius 3 is 2.39 bits per heavy atom. The number of aliphatic hydroxyl groups is 1. The van der Waals surface area contributed by atoms with Crippen molar-refractivity contribution < 1.29 is 29.3 Å². The van der Waals surface area contributed by atoms with Crippen LogP contribution in [0.3, 0.4) is 0 Å². The van der Waals surface area contributed by atoms with E-state index in [9.17, 15) is 24.2 Å². The highest BCUT2D eigenvalue weighted by Crippen LogP contribution is 2.48. The van der Waals surface area contributed by atoms with Gasteiger partial charge in [0.1, 0.15) is 5.66 Å². The van der Waals surface area contributed by atoms with Crippen LogP contribution in [0.2, 0.25) is 0 Å². The topological polar surface area (TPSA) is 115 Å². The number of hydrogen-bond acceptors (Lipinski definition) is 4. The molecule has 1 aromatic carbocycles. The smallest absolute Gasteiger partial charge is 0.316 e. The number of carbonyl (C=O) groups excluding carboxylic acids is 1. The summed E-state index contributed by atoms with van der Waals surface area (Å²) in [5.74, 6) is -1.50. The van der Waals surface area contributed by atoms with Crippen LogP contribution in [0.1, 0.15) is 18.4 Å². The highest BCUT2D eigenvalue weighted by Gasteiger charge is 2.40. The molecule has 1 aromatic rings. The summed E-state index contributed by atoms with van der Waals surface area (Å²) in [4.78, 5) is 34.4. The number of carboxylic acid groups (broad SMARTS) is 1. The van der Waals surface area contributed by atoms with Crippen molar-refractivity contribution in [3.8, 4) is 0 Å². The number of carbonyl (C=O) groups is 2. The minimum absolute atomic E-state index is 0.0218. The fourth-order valence-electron chi connectivity index (χ4n) is 2.44. The predicted octanol–water partition coefficient (Wildman–Crippen LogP) is 1.14. The Kier molecular flexibility index (Phi) is 7.42. The Morgan fingerprint density at radius 1 is 1.30 bits per heavy atom. The van der Waals surface area contributed by atoms with Crippen molar-refractivity contribution in [1.29, 1.82) is 0 Å². The van der Waals surface area contributed by atoms with E-state index < -0.39 is 19.0 Å². The van der Waals surface area contributed by atoms with Crippen LogP contribution in [0.4, 0.5) is 0 Å². The maximum Gasteiger partial charge on any atom is 0.316 e. The van der Waals surface area contributed by atoms with Crippen LogP contribution in [0.5, 0.6) is 0 Å². The third kappa shape index (κ3) is 5.46. The normalized spacial score (nSPS) is 17.9. The number of carboxylic acids is 1. The minimum atomic E-state index is -4.01. The number of nitrogens with zero attached hydrogens (tertiary/aromatic N) is 1. The summed E-state index contributed by atoms with van der Waals surface area (Å²) in [6, 6.07) is 8.73. The zero-order valence-corrected chi connectivity index (χ0v) is 13.9. The zero-order valence-electron chi connectivity index (χ0n) is 13.0. The van der Waals surface area contributed by atoms with E-state index >= 15 is 0 Å². The van der Waals surface area contributed by atoms with Crippen LogP contribution >= 0.6 is 7.37 Å². The van der Waals surface area contributed by atoms with E-state index in [0.29, 0.717) is 24.9 Å². The largest absolute Gasteiger partial charge is 0.481 e. The average Bonchev–Trinajstić information content (AvgIpc) is 2.92. The molecule has 2 atom stereocenters. The minimum Gasteiger partial charge on any atom is -0.481 e. The van der Waals surface area contributed by atoms with Crippen molar-refractivity contribution in [3.63, 3.8) is 0 Å². The van der Waals surface area contributed by atoms with Gasteiger partial charge in [0.2, 0.25) is 13.3 Å². The number of likely N-dealkylation sites (tertiary alicyclic amines) is 1. The van der Waals surface area contributed by atoms with Gasteiger partial charge in [0.05, 0.1) is 6.29 Å². The van der Waals surface area contributed by atoms with Gasteiger partial charge in [-0.1, -0.05) is 30.3 Å². The van der Waals surface area contributed by atoms with Crippen molar-refractivity contribution in [2.75, 3.05) is 19.9 Å². The van der Waals surface area contributed by atoms with Gasteiger partial charge in [0.15, 0.2) is 0 Å². The monoisotopic (exact) mass is 343 g/mol. The fourth-order valence-corrected chi connectivity index (χ4v) is 4.26. The Hall–Kier alpha value is -1.69. The molecule has 3 N–H and O–H groups in total. The number of hydrogen-bond donors (Lipinski definition) is 3. The average molecular weight is 343 g/mol. The lowest BCUT2D eigenvalue weighted by atomic mass is 10.1. The van der Waals surface area contributed by atoms with E-state index in [1.807, 2.05) is 0 Å². The van der Waals surface area contributed by atoms with E-state index in [4.69, 9.17) is 5.11 Å². The van der Waals surface area contributed by atoms with Gasteiger partial charge in [-0.15, -0.1) is 0 Å². The third-order valence-corrected chi connectivity index (χ3v) is 5.71. The van der Waals surface area contributed by atoms with Crippen molar-refractivity contribution in [3.05, 3.63) is 35.9 Å². The second-order valence-electron chi connectivity index (χ2n) is 5.20. The first kappa shape index (κ1) is 19.4. The molecule has 0 aliphatic carbocycles. The summed E-state index contributed by atoms with van der Waals surface area (Å²) in [6.45, 7) is 0.418. The Morgan fingerprint density at radius 2 is 1.91 bits per heavy atom. The van der Waals surface area contributed by atoms with Gasteiger partial charge < -0.3 is 20.0 Å². The molecule has 1 amide bonds. The van der Waals surface area contributed by atoms with Crippen LogP contribution in [0, 0.1) is 0 Å². The highest BCUT2D eigenvalue weighted by atomic mass is 31.2. The molecule has 128 valence electrons. The van der Waals surface area contributed by atoms with E-state index in [0.717, 1.165) is 7.11 Å². The Labute approximate surface area is 135 Å². The molecule has 0 bridgehead atoms. The molecule has 1 fully saturated rings. The Balaban J connectivity index is 0.00000127. The predicted molar refractivity (Wildman–Crippen MR) is 85.4 cm³/mol. The lowest BCUT2D eigenvalue weighted by molar-refractivity contribution is -0.137. The molecule has 0 aromatic heterocycles. The van der Waals surface area contributed by atoms with Crippen LogP contribution in [-0.2, 0) is 20.6 Å². The number of aliphatic hydroxyl groups excluding tert-OH is 1. The third-order valence-electron chi connectivity index (χ3n) is 3.59. The lowest BCUT2D eigenvalue weighted by Crippen LogP contribution is -2.32. The molecule has 2 unspecified atom stereocenters. The first-order valence-electron chi connectivity index (χ1n) is 7.21. The molecule has 0 spiro atoms. The van der Waals surface area contributed by atoms with E-state index in [2.05, 4.69) is 0 Å². The van der Waals surface area contributed by atoms with Crippen molar-refractivity contribution in [2.45, 2.75) is 24.9 Å². The van der Waals surface area contributed by atoms with Gasteiger partial charge in [-0.25, -0.2) is 0 Å². The SMILES string of the molecule is CO.O=C(O)C(Cc1ccccc1)P(=O)(O)CN1CCCC1=O. The molecule has 23 heavy (non-hydrogen) atoms. The summed E-state index contributed by atoms with van der Waals surface area (Å²) in [6.07, 6.45) is 0.604. The van der Waals surface area contributed by atoms with Gasteiger partial charge >= 0.3 is 5.97 Å². The van der Waals surface area contributed by atoms with Gasteiger partial charge in [-0.2, -0.15) is 0 Å². The molecular formula is C15H22NO6P. The number of aliphatic carboxylic acids is 1. The van der Waals surface area contributed by atoms with Crippen molar-refractivity contribution in [1.82, 2.24) is 4.90 Å². The molecule has 1 heterocycles. The molecule has 0 saturated carbocycles. The maximum atomic E-state index is 12.4. The first-order chi connectivity index (χ1) is 10.9. The number of benzene rings is 1. The summed E-state index contributed by atoms with van der Waals surface area (Å²) < 4.78 is 12.4. The molecule has 1 saturated heterocycles. The molecule has 1 aliphatic heterocycles. The van der Waals surface area contributed by atoms with Crippen molar-refractivity contribution in [2.24, 2.45) is 0 Å². The fraction of sp³-hybridized carbons (Fsp3) is 0.467. The number of rotatable bonds is 6. The van der Waals surface area contributed by atoms with Gasteiger partial charge in [-0.05, 0) is 18.4 Å². The first-order valence-corrected chi connectivity index (χ1v) is 9.12. The standard InChI is InChI=1S/C14H18NO5P.CH4O/c16-13-7-4-8-15(13)10-21(19,20)12(14(17)18)9-11-5-2-1-3-6-11;1-2/h1-3,5-6,12H,4,7-10H2,(H,17,18)(H,19,20);2H,1H3. The second-order valence-corrected chi connectivity index (χ2v) is 7.62. The number of amides is 1. The van der Waals surface area contributed by atoms with Gasteiger partial charge in [0, 0.05) is 20.1 Å². The highest BCUT2D eigenvalue weighted by molar-refractivity contribution is 7.59. The van der Waals surface area contributed by atoms with Crippen LogP contribution in [0.25, 0.3) is 0 Å². The molecule has 7 nitrogen and oxygen atoms in total. The van der Waals surface area contributed by atoms with Gasteiger partial charge in [-0.3, -0.25) is 14.2 Å². The molecule has 1 aliphatic rings. The van der Waals surface area contributed by atoms with E-state index in [-0.39, 0.29) is 18.6 Å². The van der Waals surface area contributed by atoms with Crippen LogP contribution in [-0.4, -0.2) is 57.5 Å². The zero-order chi connectivity index (χ0) is 17.5. The molecular weight excluding hydrogens is 321 g/mol. The summed E-state index contributed by atoms with van der Waals surface area (Å²) in [7, 11) is -3.01. The van der Waals surface area contributed by atoms with E-state index in [1.165, 1.54) is 4.90 Å². The quantitative estimate of drug-likeness (QED) is 0.667. The maximum absolute atomic E-state index is 12.4. The summed E-state index contributed by atoms with van der Waals surface area (Å²) >= 11 is 0. The second kappa shape index (κ2) is 8.82. The lowest BCUT2D eigenvalue weighted by Gasteiger charge is -2.24. The molecule has 0 radical (unpaired) electrons. The summed E-state index contributed by atoms with van der Waals surface area (Å²) in [5.41, 5.74) is -0.708. The van der Waals surface area contributed by atoms with Crippen LogP contribution < -0.4 is 0 Å². The van der Waals surface area contributed by atoms with E-state index in [1.54, 1.807) is 30.3 Å². The summed E-state index contributed by atoms with van der Waals surface area (Å²) in [5, 5.41) is 16.3.